The fraction of sp³-hybridized carbons (Fsp3) is 0.542. The van der Waals surface area contributed by atoms with Gasteiger partial charge in [-0.3, -0.25) is 4.90 Å². The zero-order valence-electron chi connectivity index (χ0n) is 19.4. The van der Waals surface area contributed by atoms with Gasteiger partial charge in [0.05, 0.1) is 11.4 Å². The molecule has 1 N–H and O–H groups in total. The van der Waals surface area contributed by atoms with Gasteiger partial charge in [-0.25, -0.2) is 22.4 Å². The highest BCUT2D eigenvalue weighted by atomic mass is 32.2. The number of rotatable bonds is 6. The van der Waals surface area contributed by atoms with Crippen molar-refractivity contribution in [2.24, 2.45) is 11.8 Å². The Morgan fingerprint density at radius 1 is 1.24 bits per heavy atom. The van der Waals surface area contributed by atoms with Gasteiger partial charge in [0.2, 0.25) is 0 Å². The molecule has 1 aromatic heterocycles. The SMILES string of the molecule is Cc1ccc(CN2CCCC(CO)C2)cc1-c1ccc2c(n1)N(C)S(=O)(=O)N2CC1CC1(F)F. The van der Waals surface area contributed by atoms with Gasteiger partial charge in [-0.05, 0) is 61.6 Å². The Labute approximate surface area is 199 Å². The number of pyridine rings is 1. The Bertz CT molecular complexity index is 1210. The molecule has 0 bridgehead atoms. The molecule has 1 aliphatic carbocycles. The van der Waals surface area contributed by atoms with Gasteiger partial charge in [0.25, 0.3) is 5.92 Å². The molecule has 2 aliphatic heterocycles. The number of piperidine rings is 1. The van der Waals surface area contributed by atoms with Crippen LogP contribution in [0.25, 0.3) is 11.3 Å². The molecule has 2 atom stereocenters. The van der Waals surface area contributed by atoms with Gasteiger partial charge in [-0.15, -0.1) is 0 Å². The smallest absolute Gasteiger partial charge is 0.327 e. The van der Waals surface area contributed by atoms with Crippen LogP contribution in [-0.2, 0) is 16.8 Å². The number of aromatic nitrogens is 1. The predicted octanol–water partition coefficient (Wildman–Crippen LogP) is 3.42. The summed E-state index contributed by atoms with van der Waals surface area (Å²) in [6, 6.07) is 9.64. The number of hydrogen-bond donors (Lipinski definition) is 1. The van der Waals surface area contributed by atoms with E-state index in [0.717, 1.165) is 57.8 Å². The molecule has 0 spiro atoms. The standard InChI is InChI=1S/C24H30F2N4O3S/c1-16-5-6-17(12-29-9-3-4-18(13-29)15-31)10-20(16)21-7-8-22-23(27-21)28(2)34(32,33)30(22)14-19-11-24(19,25)26/h5-8,10,18-19,31H,3-4,9,11-15H2,1-2H3. The van der Waals surface area contributed by atoms with Crippen LogP contribution in [0.3, 0.4) is 0 Å². The summed E-state index contributed by atoms with van der Waals surface area (Å²) in [6.45, 7) is 4.59. The van der Waals surface area contributed by atoms with Crippen molar-refractivity contribution < 1.29 is 22.3 Å². The number of fused-ring (bicyclic) bond motifs is 1. The number of hydrogen-bond acceptors (Lipinski definition) is 5. The Kier molecular flexibility index (Phi) is 5.81. The van der Waals surface area contributed by atoms with Crippen molar-refractivity contribution >= 4 is 21.7 Å². The first-order valence-corrected chi connectivity index (χ1v) is 13.1. The summed E-state index contributed by atoms with van der Waals surface area (Å²) in [5.74, 6) is -3.19. The van der Waals surface area contributed by atoms with Crippen LogP contribution in [0.15, 0.2) is 30.3 Å². The number of alkyl halides is 2. The number of anilines is 2. The lowest BCUT2D eigenvalue weighted by Crippen LogP contribution is -2.37. The van der Waals surface area contributed by atoms with Crippen LogP contribution in [0.1, 0.15) is 30.4 Å². The maximum absolute atomic E-state index is 13.5. The number of aryl methyl sites for hydroxylation is 1. The summed E-state index contributed by atoms with van der Waals surface area (Å²) in [4.78, 5) is 7.01. The van der Waals surface area contributed by atoms with Crippen LogP contribution in [-0.4, -0.2) is 62.6 Å². The lowest BCUT2D eigenvalue weighted by molar-refractivity contribution is 0.101. The van der Waals surface area contributed by atoms with E-state index in [-0.39, 0.29) is 25.4 Å². The fourth-order valence-corrected chi connectivity index (χ4v) is 6.41. The van der Waals surface area contributed by atoms with Gasteiger partial charge in [-0.1, -0.05) is 12.1 Å². The van der Waals surface area contributed by atoms with Gasteiger partial charge >= 0.3 is 10.2 Å². The highest BCUT2D eigenvalue weighted by Gasteiger charge is 2.59. The molecule has 184 valence electrons. The van der Waals surface area contributed by atoms with Crippen molar-refractivity contribution in [1.82, 2.24) is 9.88 Å². The number of halogens is 2. The fourth-order valence-electron chi connectivity index (χ4n) is 5.00. The molecule has 5 rings (SSSR count). The number of nitrogens with zero attached hydrogens (tertiary/aromatic N) is 4. The zero-order valence-corrected chi connectivity index (χ0v) is 20.2. The summed E-state index contributed by atoms with van der Waals surface area (Å²) in [5.41, 5.74) is 4.03. The van der Waals surface area contributed by atoms with Crippen LogP contribution in [0.4, 0.5) is 20.3 Å². The monoisotopic (exact) mass is 492 g/mol. The topological polar surface area (TPSA) is 77.0 Å². The van der Waals surface area contributed by atoms with E-state index in [1.165, 1.54) is 7.05 Å². The lowest BCUT2D eigenvalue weighted by Gasteiger charge is -2.31. The Balaban J connectivity index is 1.42. The van der Waals surface area contributed by atoms with E-state index in [9.17, 15) is 22.3 Å². The molecule has 2 aromatic rings. The van der Waals surface area contributed by atoms with Crippen molar-refractivity contribution in [3.05, 3.63) is 41.5 Å². The van der Waals surface area contributed by atoms with E-state index in [0.29, 0.717) is 17.3 Å². The van der Waals surface area contributed by atoms with Crippen molar-refractivity contribution in [2.75, 3.05) is 41.9 Å². The maximum Gasteiger partial charge on any atom is 0.327 e. The number of aliphatic hydroxyl groups excluding tert-OH is 1. The van der Waals surface area contributed by atoms with E-state index in [4.69, 9.17) is 0 Å². The largest absolute Gasteiger partial charge is 0.396 e. The van der Waals surface area contributed by atoms with Crippen LogP contribution in [0.5, 0.6) is 0 Å². The highest BCUT2D eigenvalue weighted by molar-refractivity contribution is 7.94. The van der Waals surface area contributed by atoms with Crippen molar-refractivity contribution in [3.63, 3.8) is 0 Å². The highest BCUT2D eigenvalue weighted by Crippen LogP contribution is 2.51. The van der Waals surface area contributed by atoms with Gasteiger partial charge < -0.3 is 5.11 Å². The van der Waals surface area contributed by atoms with Gasteiger partial charge in [0.15, 0.2) is 5.82 Å². The van der Waals surface area contributed by atoms with Crippen LogP contribution >= 0.6 is 0 Å². The molecular formula is C24H30F2N4O3S. The average molecular weight is 493 g/mol. The second kappa shape index (κ2) is 8.42. The molecule has 34 heavy (non-hydrogen) atoms. The third kappa shape index (κ3) is 4.16. The Morgan fingerprint density at radius 2 is 2.00 bits per heavy atom. The first-order chi connectivity index (χ1) is 16.1. The molecule has 3 heterocycles. The summed E-state index contributed by atoms with van der Waals surface area (Å²) in [5, 5.41) is 9.51. The summed E-state index contributed by atoms with van der Waals surface area (Å²) < 4.78 is 54.9. The minimum atomic E-state index is -3.93. The molecule has 2 unspecified atom stereocenters. The predicted molar refractivity (Wildman–Crippen MR) is 127 cm³/mol. The van der Waals surface area contributed by atoms with E-state index in [2.05, 4.69) is 22.0 Å². The van der Waals surface area contributed by atoms with Crippen LogP contribution < -0.4 is 8.61 Å². The van der Waals surface area contributed by atoms with E-state index < -0.39 is 22.0 Å². The molecule has 3 aliphatic rings. The first-order valence-electron chi connectivity index (χ1n) is 11.7. The van der Waals surface area contributed by atoms with E-state index >= 15 is 0 Å². The third-order valence-corrected chi connectivity index (χ3v) is 9.00. The van der Waals surface area contributed by atoms with Gasteiger partial charge in [0.1, 0.15) is 0 Å². The van der Waals surface area contributed by atoms with Crippen molar-refractivity contribution in [2.45, 2.75) is 38.7 Å². The normalized spacial score (nSPS) is 25.4. The summed E-state index contributed by atoms with van der Waals surface area (Å²) >= 11 is 0. The quantitative estimate of drug-likeness (QED) is 0.669. The number of benzene rings is 1. The van der Waals surface area contributed by atoms with Crippen molar-refractivity contribution in [3.8, 4) is 11.3 Å². The molecule has 1 saturated carbocycles. The number of likely N-dealkylation sites (tertiary alicyclic amines) is 1. The van der Waals surface area contributed by atoms with Crippen molar-refractivity contribution in [1.29, 1.82) is 0 Å². The molecule has 1 saturated heterocycles. The van der Waals surface area contributed by atoms with Gasteiger partial charge in [0, 0.05) is 51.2 Å². The molecule has 7 nitrogen and oxygen atoms in total. The van der Waals surface area contributed by atoms with E-state index in [1.54, 1.807) is 12.1 Å². The summed E-state index contributed by atoms with van der Waals surface area (Å²) in [7, 11) is -2.52. The Hall–Kier alpha value is -2.30. The third-order valence-electron chi connectivity index (χ3n) is 7.23. The van der Waals surface area contributed by atoms with Gasteiger partial charge in [-0.2, -0.15) is 8.42 Å². The number of aliphatic hydroxyl groups is 1. The lowest BCUT2D eigenvalue weighted by atomic mass is 9.97. The van der Waals surface area contributed by atoms with Crippen LogP contribution in [0, 0.1) is 18.8 Å². The molecule has 10 heteroatoms. The minimum absolute atomic E-state index is 0.209. The molecular weight excluding hydrogens is 462 g/mol. The maximum atomic E-state index is 13.5. The Morgan fingerprint density at radius 3 is 2.71 bits per heavy atom. The molecule has 0 amide bonds. The second-order valence-electron chi connectivity index (χ2n) is 9.78. The second-order valence-corrected chi connectivity index (χ2v) is 11.7. The molecule has 2 fully saturated rings. The minimum Gasteiger partial charge on any atom is -0.396 e. The first kappa shape index (κ1) is 23.4. The molecule has 0 radical (unpaired) electrons. The molecule has 1 aromatic carbocycles. The zero-order chi connectivity index (χ0) is 24.3. The van der Waals surface area contributed by atoms with E-state index in [1.807, 2.05) is 13.0 Å². The summed E-state index contributed by atoms with van der Waals surface area (Å²) in [6.07, 6.45) is 1.84. The average Bonchev–Trinajstić information content (AvgIpc) is 3.38. The van der Waals surface area contributed by atoms with Crippen LogP contribution in [0.2, 0.25) is 0 Å².